The molecule has 8 heteroatoms. The second-order valence-corrected chi connectivity index (χ2v) is 7.47. The third kappa shape index (κ3) is 4.62. The number of ether oxygens (including phenoxy) is 2. The number of nitrogens with zero attached hydrogens (tertiary/aromatic N) is 4. The molecule has 2 unspecified atom stereocenters. The van der Waals surface area contributed by atoms with Gasteiger partial charge >= 0.3 is 12.1 Å². The van der Waals surface area contributed by atoms with E-state index in [1.54, 1.807) is 11.1 Å². The highest BCUT2D eigenvalue weighted by Gasteiger charge is 2.37. The van der Waals surface area contributed by atoms with E-state index in [4.69, 9.17) is 4.74 Å². The van der Waals surface area contributed by atoms with Crippen molar-refractivity contribution >= 4 is 17.9 Å². The van der Waals surface area contributed by atoms with E-state index in [-0.39, 0.29) is 23.7 Å². The minimum Gasteiger partial charge on any atom is -0.464 e. The number of amides is 1. The van der Waals surface area contributed by atoms with Crippen molar-refractivity contribution in [1.82, 2.24) is 14.9 Å². The second kappa shape index (κ2) is 7.88. The summed E-state index contributed by atoms with van der Waals surface area (Å²) >= 11 is 0. The van der Waals surface area contributed by atoms with Crippen LogP contribution >= 0.6 is 0 Å². The summed E-state index contributed by atoms with van der Waals surface area (Å²) in [7, 11) is 1.31. The maximum Gasteiger partial charge on any atom is 0.410 e. The van der Waals surface area contributed by atoms with Crippen LogP contribution in [0.2, 0.25) is 0 Å². The minimum atomic E-state index is -0.527. The summed E-state index contributed by atoms with van der Waals surface area (Å²) in [6, 6.07) is 0.0249. The predicted octanol–water partition coefficient (Wildman–Crippen LogP) is 2.34. The number of anilines is 1. The Labute approximate surface area is 154 Å². The number of esters is 1. The van der Waals surface area contributed by atoms with E-state index in [0.717, 1.165) is 6.54 Å². The van der Waals surface area contributed by atoms with Crippen LogP contribution in [0.5, 0.6) is 0 Å². The maximum absolute atomic E-state index is 12.5. The van der Waals surface area contributed by atoms with E-state index in [1.807, 2.05) is 27.7 Å². The zero-order valence-corrected chi connectivity index (χ0v) is 16.4. The number of hydrogen-bond acceptors (Lipinski definition) is 7. The normalized spacial score (nSPS) is 20.0. The lowest BCUT2D eigenvalue weighted by Crippen LogP contribution is -2.46. The Morgan fingerprint density at radius 3 is 2.46 bits per heavy atom. The van der Waals surface area contributed by atoms with Crippen molar-refractivity contribution in [2.24, 2.45) is 5.92 Å². The van der Waals surface area contributed by atoms with E-state index in [9.17, 15) is 9.59 Å². The Bertz CT molecular complexity index is 642. The average molecular weight is 364 g/mol. The van der Waals surface area contributed by atoms with Crippen molar-refractivity contribution in [2.75, 3.05) is 31.6 Å². The highest BCUT2D eigenvalue weighted by Crippen LogP contribution is 2.26. The van der Waals surface area contributed by atoms with Crippen LogP contribution in [0.3, 0.4) is 0 Å². The zero-order chi connectivity index (χ0) is 19.5. The van der Waals surface area contributed by atoms with Gasteiger partial charge in [0.15, 0.2) is 5.69 Å². The van der Waals surface area contributed by atoms with Crippen LogP contribution in [0.1, 0.15) is 45.1 Å². The predicted molar refractivity (Wildman–Crippen MR) is 97.2 cm³/mol. The molecular weight excluding hydrogens is 336 g/mol. The van der Waals surface area contributed by atoms with Gasteiger partial charge in [-0.25, -0.2) is 19.6 Å². The van der Waals surface area contributed by atoms with Gasteiger partial charge in [-0.1, -0.05) is 6.92 Å². The molecule has 2 atom stereocenters. The first-order valence-electron chi connectivity index (χ1n) is 8.81. The summed E-state index contributed by atoms with van der Waals surface area (Å²) in [5.74, 6) is 0.413. The Balaban J connectivity index is 2.10. The molecule has 8 nitrogen and oxygen atoms in total. The van der Waals surface area contributed by atoms with E-state index in [0.29, 0.717) is 18.9 Å². The first-order valence-corrected chi connectivity index (χ1v) is 8.81. The fourth-order valence-electron chi connectivity index (χ4n) is 3.06. The highest BCUT2D eigenvalue weighted by molar-refractivity contribution is 5.86. The van der Waals surface area contributed by atoms with Crippen LogP contribution in [0.15, 0.2) is 12.4 Å². The minimum absolute atomic E-state index is 0.0249. The average Bonchev–Trinajstić information content (AvgIpc) is 2.95. The molecule has 2 rings (SSSR count). The molecule has 0 aliphatic carbocycles. The van der Waals surface area contributed by atoms with Crippen molar-refractivity contribution in [3.63, 3.8) is 0 Å². The van der Waals surface area contributed by atoms with Gasteiger partial charge in [-0.2, -0.15) is 0 Å². The molecule has 0 aromatic carbocycles. The fraction of sp³-hybridized carbons (Fsp3) is 0.667. The Morgan fingerprint density at radius 2 is 1.96 bits per heavy atom. The first-order chi connectivity index (χ1) is 12.2. The molecule has 26 heavy (non-hydrogen) atoms. The van der Waals surface area contributed by atoms with Gasteiger partial charge in [-0.05, 0) is 33.6 Å². The summed E-state index contributed by atoms with van der Waals surface area (Å²) in [4.78, 5) is 36.3. The largest absolute Gasteiger partial charge is 0.464 e. The molecule has 1 aromatic heterocycles. The molecule has 1 aliphatic rings. The molecule has 2 heterocycles. The van der Waals surface area contributed by atoms with Gasteiger partial charge in [-0.3, -0.25) is 0 Å². The highest BCUT2D eigenvalue weighted by atomic mass is 16.6. The van der Waals surface area contributed by atoms with Crippen molar-refractivity contribution in [1.29, 1.82) is 0 Å². The van der Waals surface area contributed by atoms with Gasteiger partial charge in [0.25, 0.3) is 0 Å². The van der Waals surface area contributed by atoms with E-state index < -0.39 is 11.6 Å². The summed E-state index contributed by atoms with van der Waals surface area (Å²) in [5, 5.41) is 0. The molecule has 1 amide bonds. The van der Waals surface area contributed by atoms with Gasteiger partial charge in [0.2, 0.25) is 0 Å². The van der Waals surface area contributed by atoms with E-state index in [2.05, 4.69) is 26.5 Å². The van der Waals surface area contributed by atoms with Gasteiger partial charge in [-0.15, -0.1) is 0 Å². The molecular formula is C18H28N4O4. The molecule has 0 spiro atoms. The summed E-state index contributed by atoms with van der Waals surface area (Å²) in [5.41, 5.74) is -0.356. The third-order valence-corrected chi connectivity index (χ3v) is 4.30. The number of aromatic nitrogens is 2. The van der Waals surface area contributed by atoms with Crippen LogP contribution in [0, 0.1) is 5.92 Å². The number of carbonyl (C=O) groups is 2. The Kier molecular flexibility index (Phi) is 6.05. The van der Waals surface area contributed by atoms with Crippen molar-refractivity contribution in [3.05, 3.63) is 18.1 Å². The van der Waals surface area contributed by atoms with Gasteiger partial charge in [0.1, 0.15) is 11.4 Å². The standard InChI is InChI=1S/C18H28N4O4/c1-7-22(17(24)26-18(3,4)5)14-11-21(10-12(14)2)15-9-19-13(8-20-15)16(23)25-6/h8-9,12,14H,7,10-11H2,1-6H3. The van der Waals surface area contributed by atoms with Crippen molar-refractivity contribution in [3.8, 4) is 0 Å². The molecule has 0 N–H and O–H groups in total. The number of likely N-dealkylation sites (N-methyl/N-ethyl adjacent to an activating group) is 1. The van der Waals surface area contributed by atoms with Crippen LogP contribution in [-0.2, 0) is 9.47 Å². The van der Waals surface area contributed by atoms with Crippen LogP contribution in [0.25, 0.3) is 0 Å². The Hall–Kier alpha value is -2.38. The molecule has 1 aromatic rings. The van der Waals surface area contributed by atoms with E-state index in [1.165, 1.54) is 13.3 Å². The molecule has 1 fully saturated rings. The smallest absolute Gasteiger partial charge is 0.410 e. The second-order valence-electron chi connectivity index (χ2n) is 7.47. The molecule has 0 radical (unpaired) electrons. The number of hydrogen-bond donors (Lipinski definition) is 0. The lowest BCUT2D eigenvalue weighted by Gasteiger charge is -2.32. The summed E-state index contributed by atoms with van der Waals surface area (Å²) in [6.07, 6.45) is 2.67. The topological polar surface area (TPSA) is 84.9 Å². The summed E-state index contributed by atoms with van der Waals surface area (Å²) in [6.45, 7) is 11.6. The number of carbonyl (C=O) groups excluding carboxylic acids is 2. The SMILES string of the molecule is CCN(C(=O)OC(C)(C)C)C1CN(c2cnc(C(=O)OC)cn2)CC1C. The zero-order valence-electron chi connectivity index (χ0n) is 16.4. The van der Waals surface area contributed by atoms with Crippen molar-refractivity contribution < 1.29 is 19.1 Å². The lowest BCUT2D eigenvalue weighted by atomic mass is 10.1. The first kappa shape index (κ1) is 19.9. The fourth-order valence-corrected chi connectivity index (χ4v) is 3.06. The molecule has 0 saturated carbocycles. The summed E-state index contributed by atoms with van der Waals surface area (Å²) < 4.78 is 10.2. The molecule has 0 bridgehead atoms. The molecule has 1 aliphatic heterocycles. The van der Waals surface area contributed by atoms with Crippen molar-refractivity contribution in [2.45, 2.75) is 46.3 Å². The van der Waals surface area contributed by atoms with E-state index >= 15 is 0 Å². The van der Waals surface area contributed by atoms with Gasteiger partial charge in [0, 0.05) is 19.6 Å². The third-order valence-electron chi connectivity index (χ3n) is 4.30. The van der Waals surface area contributed by atoms with Crippen LogP contribution in [0.4, 0.5) is 10.6 Å². The monoisotopic (exact) mass is 364 g/mol. The lowest BCUT2D eigenvalue weighted by molar-refractivity contribution is 0.0157. The number of rotatable bonds is 4. The Morgan fingerprint density at radius 1 is 1.27 bits per heavy atom. The van der Waals surface area contributed by atoms with Crippen LogP contribution < -0.4 is 4.90 Å². The molecule has 144 valence electrons. The quantitative estimate of drug-likeness (QED) is 0.758. The van der Waals surface area contributed by atoms with Gasteiger partial charge in [0.05, 0.1) is 25.5 Å². The number of methoxy groups -OCH3 is 1. The van der Waals surface area contributed by atoms with Gasteiger partial charge < -0.3 is 19.3 Å². The molecule has 1 saturated heterocycles. The maximum atomic E-state index is 12.5. The van der Waals surface area contributed by atoms with Crippen LogP contribution in [-0.4, -0.2) is 65.3 Å².